The number of benzene rings is 1. The van der Waals surface area contributed by atoms with E-state index in [2.05, 4.69) is 18.3 Å². The highest BCUT2D eigenvalue weighted by atomic mass is 35.5. The second-order valence-electron chi connectivity index (χ2n) is 5.66. The monoisotopic (exact) mass is 306 g/mol. The Morgan fingerprint density at radius 1 is 1.52 bits per heavy atom. The van der Waals surface area contributed by atoms with Gasteiger partial charge in [0, 0.05) is 5.02 Å². The number of aromatic hydroxyl groups is 1. The fraction of sp³-hybridized carbons (Fsp3) is 0.500. The molecule has 1 aromatic rings. The van der Waals surface area contributed by atoms with Crippen LogP contribution in [0.25, 0.3) is 0 Å². The lowest BCUT2D eigenvalue weighted by Crippen LogP contribution is -2.49. The van der Waals surface area contributed by atoms with E-state index >= 15 is 0 Å². The van der Waals surface area contributed by atoms with Crippen LogP contribution in [-0.4, -0.2) is 16.6 Å². The number of phenolic OH excluding ortho intramolecular Hbond substituents is 1. The third kappa shape index (κ3) is 3.48. The first-order valence-electron chi connectivity index (χ1n) is 7.22. The van der Waals surface area contributed by atoms with E-state index in [1.165, 1.54) is 12.1 Å². The van der Waals surface area contributed by atoms with Gasteiger partial charge >= 0.3 is 0 Å². The van der Waals surface area contributed by atoms with Crippen LogP contribution in [0.2, 0.25) is 5.02 Å². The molecule has 0 aromatic heterocycles. The van der Waals surface area contributed by atoms with Crippen molar-refractivity contribution in [1.82, 2.24) is 5.32 Å². The maximum absolute atomic E-state index is 12.3. The van der Waals surface area contributed by atoms with Crippen LogP contribution in [-0.2, 0) is 0 Å². The molecule has 112 valence electrons. The number of rotatable bonds is 3. The minimum absolute atomic E-state index is 0.145. The third-order valence-corrected chi connectivity index (χ3v) is 4.54. The fourth-order valence-corrected chi connectivity index (χ4v) is 2.99. The molecule has 1 amide bonds. The Labute approximate surface area is 129 Å². The SMILES string of the molecule is CCC1CCC(C#N)(NC(=O)c2ccc(Cl)cc2O)CC1. The Morgan fingerprint density at radius 2 is 2.19 bits per heavy atom. The minimum atomic E-state index is -0.825. The number of hydrogen-bond acceptors (Lipinski definition) is 3. The molecule has 21 heavy (non-hydrogen) atoms. The van der Waals surface area contributed by atoms with Crippen molar-refractivity contribution in [2.24, 2.45) is 5.92 Å². The first-order chi connectivity index (χ1) is 9.99. The van der Waals surface area contributed by atoms with Crippen LogP contribution < -0.4 is 5.32 Å². The van der Waals surface area contributed by atoms with Gasteiger partial charge in [-0.3, -0.25) is 4.79 Å². The average Bonchev–Trinajstić information content (AvgIpc) is 2.47. The summed E-state index contributed by atoms with van der Waals surface area (Å²) in [7, 11) is 0. The molecule has 0 radical (unpaired) electrons. The molecule has 0 spiro atoms. The van der Waals surface area contributed by atoms with Gasteiger partial charge in [-0.1, -0.05) is 24.9 Å². The molecule has 0 atom stereocenters. The highest BCUT2D eigenvalue weighted by molar-refractivity contribution is 6.30. The number of amides is 1. The lowest BCUT2D eigenvalue weighted by molar-refractivity contribution is 0.0888. The van der Waals surface area contributed by atoms with Crippen LogP contribution >= 0.6 is 11.6 Å². The van der Waals surface area contributed by atoms with E-state index in [1.54, 1.807) is 6.07 Å². The molecule has 5 heteroatoms. The van der Waals surface area contributed by atoms with Gasteiger partial charge in [-0.2, -0.15) is 5.26 Å². The quantitative estimate of drug-likeness (QED) is 0.895. The number of nitriles is 1. The molecule has 0 bridgehead atoms. The number of carbonyl (C=O) groups is 1. The molecule has 1 aliphatic carbocycles. The van der Waals surface area contributed by atoms with E-state index in [0.29, 0.717) is 23.8 Å². The minimum Gasteiger partial charge on any atom is -0.507 e. The van der Waals surface area contributed by atoms with Crippen LogP contribution in [0.5, 0.6) is 5.75 Å². The predicted molar refractivity (Wildman–Crippen MR) is 81.2 cm³/mol. The molecule has 0 unspecified atom stereocenters. The average molecular weight is 307 g/mol. The first-order valence-corrected chi connectivity index (χ1v) is 7.60. The zero-order valence-corrected chi connectivity index (χ0v) is 12.8. The fourth-order valence-electron chi connectivity index (χ4n) is 2.82. The van der Waals surface area contributed by atoms with Crippen molar-refractivity contribution in [3.05, 3.63) is 28.8 Å². The Bertz CT molecular complexity index is 572. The predicted octanol–water partition coefficient (Wildman–Crippen LogP) is 3.64. The van der Waals surface area contributed by atoms with Crippen molar-refractivity contribution in [2.45, 2.75) is 44.6 Å². The molecule has 2 N–H and O–H groups in total. The number of nitrogens with one attached hydrogen (secondary N) is 1. The molecule has 1 aliphatic rings. The summed E-state index contributed by atoms with van der Waals surface area (Å²) in [6, 6.07) is 6.59. The topological polar surface area (TPSA) is 73.1 Å². The van der Waals surface area contributed by atoms with E-state index < -0.39 is 11.4 Å². The van der Waals surface area contributed by atoms with Gasteiger partial charge in [0.25, 0.3) is 5.91 Å². The van der Waals surface area contributed by atoms with Crippen LogP contribution in [0.3, 0.4) is 0 Å². The van der Waals surface area contributed by atoms with Gasteiger partial charge in [0.2, 0.25) is 0 Å². The maximum Gasteiger partial charge on any atom is 0.256 e. The number of nitrogens with zero attached hydrogens (tertiary/aromatic N) is 1. The first kappa shape index (κ1) is 15.7. The molecule has 1 fully saturated rings. The van der Waals surface area contributed by atoms with Gasteiger partial charge in [-0.15, -0.1) is 0 Å². The molecule has 4 nitrogen and oxygen atoms in total. The second kappa shape index (κ2) is 6.36. The molecular weight excluding hydrogens is 288 g/mol. The van der Waals surface area contributed by atoms with Crippen molar-refractivity contribution in [3.63, 3.8) is 0 Å². The molecular formula is C16H19ClN2O2. The van der Waals surface area contributed by atoms with Gasteiger partial charge in [0.15, 0.2) is 0 Å². The zero-order valence-electron chi connectivity index (χ0n) is 12.0. The van der Waals surface area contributed by atoms with Crippen molar-refractivity contribution in [1.29, 1.82) is 5.26 Å². The summed E-state index contributed by atoms with van der Waals surface area (Å²) in [5, 5.41) is 22.4. The number of hydrogen-bond donors (Lipinski definition) is 2. The number of halogens is 1. The van der Waals surface area contributed by atoms with Crippen LogP contribution in [0, 0.1) is 17.2 Å². The van der Waals surface area contributed by atoms with Gasteiger partial charge in [-0.25, -0.2) is 0 Å². The largest absolute Gasteiger partial charge is 0.507 e. The summed E-state index contributed by atoms with van der Waals surface area (Å²) in [5.41, 5.74) is -0.680. The van der Waals surface area contributed by atoms with E-state index in [1.807, 2.05) is 0 Å². The summed E-state index contributed by atoms with van der Waals surface area (Å²) in [4.78, 5) is 12.3. The Kier molecular flexibility index (Phi) is 4.74. The molecule has 1 aromatic carbocycles. The Balaban J connectivity index is 2.12. The molecule has 0 saturated heterocycles. The van der Waals surface area contributed by atoms with E-state index in [4.69, 9.17) is 11.6 Å². The van der Waals surface area contributed by atoms with Gasteiger partial charge in [0.1, 0.15) is 11.3 Å². The summed E-state index contributed by atoms with van der Waals surface area (Å²) in [6.45, 7) is 2.15. The summed E-state index contributed by atoms with van der Waals surface area (Å²) < 4.78 is 0. The van der Waals surface area contributed by atoms with Crippen LogP contribution in [0.1, 0.15) is 49.4 Å². The molecule has 1 saturated carbocycles. The summed E-state index contributed by atoms with van der Waals surface area (Å²) >= 11 is 5.76. The number of carbonyl (C=O) groups excluding carboxylic acids is 1. The van der Waals surface area contributed by atoms with E-state index in [-0.39, 0.29) is 11.3 Å². The summed E-state index contributed by atoms with van der Waals surface area (Å²) in [5.74, 6) is 0.0308. The van der Waals surface area contributed by atoms with E-state index in [9.17, 15) is 15.2 Å². The lowest BCUT2D eigenvalue weighted by atomic mass is 9.76. The highest BCUT2D eigenvalue weighted by Gasteiger charge is 2.36. The van der Waals surface area contributed by atoms with Gasteiger partial charge in [0.05, 0.1) is 11.6 Å². The van der Waals surface area contributed by atoms with Gasteiger partial charge < -0.3 is 10.4 Å². The number of phenols is 1. The summed E-state index contributed by atoms with van der Waals surface area (Å²) in [6.07, 6.45) is 4.30. The highest BCUT2D eigenvalue weighted by Crippen LogP contribution is 2.34. The lowest BCUT2D eigenvalue weighted by Gasteiger charge is -2.35. The van der Waals surface area contributed by atoms with Crippen molar-refractivity contribution >= 4 is 17.5 Å². The van der Waals surface area contributed by atoms with Crippen molar-refractivity contribution < 1.29 is 9.90 Å². The van der Waals surface area contributed by atoms with E-state index in [0.717, 1.165) is 19.3 Å². The van der Waals surface area contributed by atoms with Crippen LogP contribution in [0.4, 0.5) is 0 Å². The Morgan fingerprint density at radius 3 is 2.71 bits per heavy atom. The van der Waals surface area contributed by atoms with Gasteiger partial charge in [-0.05, 0) is 49.8 Å². The maximum atomic E-state index is 12.3. The Hall–Kier alpha value is -1.73. The molecule has 2 rings (SSSR count). The zero-order chi connectivity index (χ0) is 15.5. The van der Waals surface area contributed by atoms with Crippen LogP contribution in [0.15, 0.2) is 18.2 Å². The molecule has 0 aliphatic heterocycles. The van der Waals surface area contributed by atoms with Crippen molar-refractivity contribution in [3.8, 4) is 11.8 Å². The molecule has 0 heterocycles. The van der Waals surface area contributed by atoms with Crippen molar-refractivity contribution in [2.75, 3.05) is 0 Å². The standard InChI is InChI=1S/C16H19ClN2O2/c1-2-11-5-7-16(10-18,8-6-11)19-15(21)13-4-3-12(17)9-14(13)20/h3-4,9,11,20H,2,5-8H2,1H3,(H,19,21). The second-order valence-corrected chi connectivity index (χ2v) is 6.10. The third-order valence-electron chi connectivity index (χ3n) is 4.31. The smallest absolute Gasteiger partial charge is 0.256 e. The normalized spacial score (nSPS) is 25.1.